The van der Waals surface area contributed by atoms with Crippen LogP contribution in [0.15, 0.2) is 36.5 Å². The lowest BCUT2D eigenvalue weighted by molar-refractivity contribution is -0.385. The van der Waals surface area contributed by atoms with Gasteiger partial charge in [-0.3, -0.25) is 14.9 Å². The van der Waals surface area contributed by atoms with Gasteiger partial charge in [-0.25, -0.2) is 4.98 Å². The van der Waals surface area contributed by atoms with Crippen molar-refractivity contribution in [2.24, 2.45) is 0 Å². The smallest absolute Gasteiger partial charge is 0.287 e. The van der Waals surface area contributed by atoms with Crippen molar-refractivity contribution in [2.75, 3.05) is 23.9 Å². The summed E-state index contributed by atoms with van der Waals surface area (Å²) in [5.41, 5.74) is 1.57. The quantitative estimate of drug-likeness (QED) is 0.653. The second kappa shape index (κ2) is 7.38. The molecule has 1 N–H and O–H groups in total. The van der Waals surface area contributed by atoms with E-state index in [4.69, 9.17) is 4.74 Å². The van der Waals surface area contributed by atoms with Crippen LogP contribution in [0.4, 0.5) is 17.2 Å². The van der Waals surface area contributed by atoms with Gasteiger partial charge in [0, 0.05) is 12.6 Å². The molecule has 2 aromatic rings. The van der Waals surface area contributed by atoms with Crippen LogP contribution in [0.2, 0.25) is 0 Å². The molecular weight excluding hydrogens is 336 g/mol. The summed E-state index contributed by atoms with van der Waals surface area (Å²) in [6.45, 7) is 2.62. The maximum absolute atomic E-state index is 12.8. The fourth-order valence-electron chi connectivity index (χ4n) is 3.11. The first-order valence-corrected chi connectivity index (χ1v) is 8.32. The molecule has 136 valence electrons. The average molecular weight is 356 g/mol. The Labute approximate surface area is 150 Å². The van der Waals surface area contributed by atoms with E-state index in [9.17, 15) is 14.9 Å². The minimum atomic E-state index is -0.491. The molecule has 2 heterocycles. The maximum atomic E-state index is 12.8. The summed E-state index contributed by atoms with van der Waals surface area (Å²) in [6, 6.07) is 8.19. The van der Waals surface area contributed by atoms with Crippen molar-refractivity contribution in [3.8, 4) is 5.75 Å². The molecule has 3 rings (SSSR count). The molecule has 0 aliphatic carbocycles. The number of anilines is 2. The lowest BCUT2D eigenvalue weighted by atomic mass is 10.1. The molecule has 1 aromatic carbocycles. The highest BCUT2D eigenvalue weighted by molar-refractivity contribution is 5.98. The Morgan fingerprint density at radius 1 is 1.38 bits per heavy atom. The predicted molar refractivity (Wildman–Crippen MR) is 97.6 cm³/mol. The molecule has 1 aromatic heterocycles. The van der Waals surface area contributed by atoms with Gasteiger partial charge in [-0.05, 0) is 43.5 Å². The van der Waals surface area contributed by atoms with Crippen molar-refractivity contribution < 1.29 is 14.5 Å². The molecule has 1 aliphatic rings. The lowest BCUT2D eigenvalue weighted by Gasteiger charge is -2.25. The molecule has 1 amide bonds. The number of amides is 1. The van der Waals surface area contributed by atoms with Gasteiger partial charge in [0.2, 0.25) is 5.91 Å². The third-order valence-electron chi connectivity index (χ3n) is 4.41. The molecule has 0 saturated carbocycles. The summed E-state index contributed by atoms with van der Waals surface area (Å²) in [6.07, 6.45) is 2.76. The number of aromatic nitrogens is 1. The van der Waals surface area contributed by atoms with Crippen molar-refractivity contribution in [3.05, 3.63) is 52.2 Å². The lowest BCUT2D eigenvalue weighted by Crippen LogP contribution is -2.40. The first-order chi connectivity index (χ1) is 12.5. The molecule has 8 nitrogen and oxygen atoms in total. The van der Waals surface area contributed by atoms with Gasteiger partial charge in [0.1, 0.15) is 23.8 Å². The minimum Gasteiger partial charge on any atom is -0.495 e. The van der Waals surface area contributed by atoms with Crippen LogP contribution in [0.25, 0.3) is 0 Å². The van der Waals surface area contributed by atoms with Gasteiger partial charge in [0.15, 0.2) is 0 Å². The molecule has 8 heteroatoms. The van der Waals surface area contributed by atoms with Gasteiger partial charge in [0.25, 0.3) is 5.69 Å². The number of benzene rings is 1. The standard InChI is InChI=1S/C18H20N4O4/c1-12-5-7-16(26-2)14(10-12)20-18(23)15-4-3-9-21(15)17-8-6-13(11-19-17)22(24)25/h5-8,10-11,15H,3-4,9H2,1-2H3,(H,20,23). The number of hydrogen-bond acceptors (Lipinski definition) is 6. The van der Waals surface area contributed by atoms with Crippen LogP contribution in [0.3, 0.4) is 0 Å². The van der Waals surface area contributed by atoms with Gasteiger partial charge in [-0.15, -0.1) is 0 Å². The fraction of sp³-hybridized carbons (Fsp3) is 0.333. The summed E-state index contributed by atoms with van der Waals surface area (Å²) in [5.74, 6) is 1.01. The first-order valence-electron chi connectivity index (χ1n) is 8.32. The van der Waals surface area contributed by atoms with Crippen molar-refractivity contribution in [1.82, 2.24) is 4.98 Å². The van der Waals surface area contributed by atoms with Gasteiger partial charge >= 0.3 is 0 Å². The molecule has 1 unspecified atom stereocenters. The zero-order valence-electron chi connectivity index (χ0n) is 14.6. The van der Waals surface area contributed by atoms with Gasteiger partial charge in [-0.2, -0.15) is 0 Å². The van der Waals surface area contributed by atoms with Gasteiger partial charge in [0.05, 0.1) is 17.7 Å². The number of pyridine rings is 1. The van der Waals surface area contributed by atoms with Crippen LogP contribution in [0.1, 0.15) is 18.4 Å². The maximum Gasteiger partial charge on any atom is 0.287 e. The number of ether oxygens (including phenoxy) is 1. The van der Waals surface area contributed by atoms with E-state index in [2.05, 4.69) is 10.3 Å². The van der Waals surface area contributed by atoms with E-state index in [0.29, 0.717) is 30.2 Å². The Morgan fingerprint density at radius 3 is 2.85 bits per heavy atom. The van der Waals surface area contributed by atoms with Crippen LogP contribution in [-0.4, -0.2) is 35.5 Å². The highest BCUT2D eigenvalue weighted by atomic mass is 16.6. The zero-order chi connectivity index (χ0) is 18.7. The first kappa shape index (κ1) is 17.7. The molecule has 0 spiro atoms. The predicted octanol–water partition coefficient (Wildman–Crippen LogP) is 2.91. The van der Waals surface area contributed by atoms with Gasteiger partial charge < -0.3 is 15.0 Å². The third kappa shape index (κ3) is 3.58. The van der Waals surface area contributed by atoms with Crippen LogP contribution >= 0.6 is 0 Å². The second-order valence-electron chi connectivity index (χ2n) is 6.18. The Kier molecular flexibility index (Phi) is 5.01. The van der Waals surface area contributed by atoms with E-state index in [-0.39, 0.29) is 17.6 Å². The molecular formula is C18H20N4O4. The molecule has 0 bridgehead atoms. The zero-order valence-corrected chi connectivity index (χ0v) is 14.6. The molecule has 1 atom stereocenters. The fourth-order valence-corrected chi connectivity index (χ4v) is 3.11. The molecule has 26 heavy (non-hydrogen) atoms. The highest BCUT2D eigenvalue weighted by Crippen LogP contribution is 2.29. The number of methoxy groups -OCH3 is 1. The summed E-state index contributed by atoms with van der Waals surface area (Å²) in [5, 5.41) is 13.7. The number of aryl methyl sites for hydroxylation is 1. The Morgan fingerprint density at radius 2 is 2.19 bits per heavy atom. The highest BCUT2D eigenvalue weighted by Gasteiger charge is 2.32. The molecule has 1 fully saturated rings. The third-order valence-corrected chi connectivity index (χ3v) is 4.41. The van der Waals surface area contributed by atoms with Crippen molar-refractivity contribution in [3.63, 3.8) is 0 Å². The van der Waals surface area contributed by atoms with E-state index in [0.717, 1.165) is 12.0 Å². The van der Waals surface area contributed by atoms with Crippen LogP contribution in [-0.2, 0) is 4.79 Å². The van der Waals surface area contributed by atoms with E-state index in [1.807, 2.05) is 30.0 Å². The second-order valence-corrected chi connectivity index (χ2v) is 6.18. The normalized spacial score (nSPS) is 16.4. The largest absolute Gasteiger partial charge is 0.495 e. The van der Waals surface area contributed by atoms with Crippen LogP contribution < -0.4 is 15.0 Å². The van der Waals surface area contributed by atoms with E-state index >= 15 is 0 Å². The average Bonchev–Trinajstić information content (AvgIpc) is 3.12. The van der Waals surface area contributed by atoms with Crippen molar-refractivity contribution in [2.45, 2.75) is 25.8 Å². The summed E-state index contributed by atoms with van der Waals surface area (Å²) >= 11 is 0. The number of nitro groups is 1. The van der Waals surface area contributed by atoms with E-state index in [1.54, 1.807) is 13.2 Å². The number of hydrogen-bond donors (Lipinski definition) is 1. The molecule has 0 radical (unpaired) electrons. The monoisotopic (exact) mass is 356 g/mol. The van der Waals surface area contributed by atoms with Crippen molar-refractivity contribution >= 4 is 23.1 Å². The van der Waals surface area contributed by atoms with E-state index < -0.39 is 4.92 Å². The van der Waals surface area contributed by atoms with Crippen LogP contribution in [0, 0.1) is 17.0 Å². The molecule has 1 saturated heterocycles. The Bertz CT molecular complexity index is 822. The number of carbonyl (C=O) groups excluding carboxylic acids is 1. The SMILES string of the molecule is COc1ccc(C)cc1NC(=O)C1CCCN1c1ccc([N+](=O)[O-])cn1. The molecule has 1 aliphatic heterocycles. The van der Waals surface area contributed by atoms with Crippen LogP contribution in [0.5, 0.6) is 5.75 Å². The number of rotatable bonds is 5. The Hall–Kier alpha value is -3.16. The van der Waals surface area contributed by atoms with Gasteiger partial charge in [-0.1, -0.05) is 6.07 Å². The number of nitrogens with zero attached hydrogens (tertiary/aromatic N) is 3. The van der Waals surface area contributed by atoms with Crippen molar-refractivity contribution in [1.29, 1.82) is 0 Å². The van der Waals surface area contributed by atoms with E-state index in [1.165, 1.54) is 12.3 Å². The number of nitrogens with one attached hydrogen (secondary N) is 1. The topological polar surface area (TPSA) is 97.6 Å². The number of carbonyl (C=O) groups is 1. The summed E-state index contributed by atoms with van der Waals surface area (Å²) in [7, 11) is 1.56. The minimum absolute atomic E-state index is 0.0709. The summed E-state index contributed by atoms with van der Waals surface area (Å²) in [4.78, 5) is 29.1. The summed E-state index contributed by atoms with van der Waals surface area (Å²) < 4.78 is 5.31. The Balaban J connectivity index is 1.78.